The Morgan fingerprint density at radius 2 is 2.33 bits per heavy atom. The van der Waals surface area contributed by atoms with Gasteiger partial charge in [-0.3, -0.25) is 4.57 Å². The lowest BCUT2D eigenvalue weighted by atomic mass is 10.2. The van der Waals surface area contributed by atoms with Crippen molar-refractivity contribution in [1.29, 1.82) is 0 Å². The van der Waals surface area contributed by atoms with Gasteiger partial charge in [-0.15, -0.1) is 0 Å². The second-order valence-electron chi connectivity index (χ2n) is 4.26. The molecule has 2 heterocycles. The fraction of sp³-hybridized carbons (Fsp3) is 0.455. The third-order valence-electron chi connectivity index (χ3n) is 3.19. The molecule has 15 heavy (non-hydrogen) atoms. The first-order chi connectivity index (χ1) is 7.27. The standard InChI is InChI=1S/C11H14N4/c1-7(8-4-5-8)15-10-9(14-11(15)12)3-2-6-13-10/h2-3,6-8H,4-5H2,1H3,(H2,12,14). The Morgan fingerprint density at radius 3 is 3.07 bits per heavy atom. The molecule has 0 aromatic carbocycles. The normalized spacial score (nSPS) is 18.2. The minimum atomic E-state index is 0.421. The van der Waals surface area contributed by atoms with E-state index in [1.54, 1.807) is 6.20 Å². The molecular formula is C11H14N4. The van der Waals surface area contributed by atoms with Gasteiger partial charge in [-0.25, -0.2) is 9.97 Å². The number of hydrogen-bond acceptors (Lipinski definition) is 3. The summed E-state index contributed by atoms with van der Waals surface area (Å²) >= 11 is 0. The molecule has 0 aliphatic heterocycles. The molecule has 0 bridgehead atoms. The quantitative estimate of drug-likeness (QED) is 0.810. The second-order valence-corrected chi connectivity index (χ2v) is 4.26. The van der Waals surface area contributed by atoms with Crippen molar-refractivity contribution in [3.05, 3.63) is 18.3 Å². The Labute approximate surface area is 88.1 Å². The molecular weight excluding hydrogens is 188 g/mol. The molecule has 0 spiro atoms. The van der Waals surface area contributed by atoms with Crippen molar-refractivity contribution >= 4 is 17.1 Å². The smallest absolute Gasteiger partial charge is 0.202 e. The van der Waals surface area contributed by atoms with Crippen LogP contribution in [0.15, 0.2) is 18.3 Å². The van der Waals surface area contributed by atoms with E-state index in [0.29, 0.717) is 12.0 Å². The van der Waals surface area contributed by atoms with Gasteiger partial charge < -0.3 is 5.73 Å². The highest BCUT2D eigenvalue weighted by Gasteiger charge is 2.31. The van der Waals surface area contributed by atoms with E-state index < -0.39 is 0 Å². The van der Waals surface area contributed by atoms with Crippen LogP contribution in [0, 0.1) is 5.92 Å². The maximum Gasteiger partial charge on any atom is 0.202 e. The predicted octanol–water partition coefficient (Wildman–Crippen LogP) is 1.98. The van der Waals surface area contributed by atoms with Gasteiger partial charge in [-0.05, 0) is 37.8 Å². The van der Waals surface area contributed by atoms with Crippen LogP contribution in [0.5, 0.6) is 0 Å². The van der Waals surface area contributed by atoms with E-state index in [1.165, 1.54) is 12.8 Å². The summed E-state index contributed by atoms with van der Waals surface area (Å²) < 4.78 is 2.06. The van der Waals surface area contributed by atoms with Crippen LogP contribution >= 0.6 is 0 Å². The molecule has 4 heteroatoms. The summed E-state index contributed by atoms with van der Waals surface area (Å²) in [5.41, 5.74) is 7.73. The Balaban J connectivity index is 2.18. The summed E-state index contributed by atoms with van der Waals surface area (Å²) in [6.45, 7) is 2.20. The average Bonchev–Trinajstić information content (AvgIpc) is 3.00. The van der Waals surface area contributed by atoms with Crippen LogP contribution in [0.1, 0.15) is 25.8 Å². The van der Waals surface area contributed by atoms with Gasteiger partial charge in [0.05, 0.1) is 0 Å². The molecule has 1 atom stereocenters. The molecule has 78 valence electrons. The van der Waals surface area contributed by atoms with Crippen molar-refractivity contribution in [2.45, 2.75) is 25.8 Å². The van der Waals surface area contributed by atoms with Gasteiger partial charge in [0.1, 0.15) is 5.52 Å². The first-order valence-corrected chi connectivity index (χ1v) is 5.36. The molecule has 4 nitrogen and oxygen atoms in total. The van der Waals surface area contributed by atoms with Crippen LogP contribution in [-0.4, -0.2) is 14.5 Å². The van der Waals surface area contributed by atoms with Gasteiger partial charge in [-0.1, -0.05) is 0 Å². The Kier molecular flexibility index (Phi) is 1.71. The van der Waals surface area contributed by atoms with Crippen LogP contribution in [0.3, 0.4) is 0 Å². The van der Waals surface area contributed by atoms with E-state index >= 15 is 0 Å². The summed E-state index contributed by atoms with van der Waals surface area (Å²) in [6, 6.07) is 4.26. The van der Waals surface area contributed by atoms with Gasteiger partial charge >= 0.3 is 0 Å². The highest BCUT2D eigenvalue weighted by molar-refractivity contribution is 5.73. The number of rotatable bonds is 2. The Hall–Kier alpha value is -1.58. The molecule has 1 fully saturated rings. The van der Waals surface area contributed by atoms with Gasteiger partial charge in [0.15, 0.2) is 5.65 Å². The summed E-state index contributed by atoms with van der Waals surface area (Å²) in [5.74, 6) is 1.34. The average molecular weight is 202 g/mol. The SMILES string of the molecule is CC(C1CC1)n1c(N)nc2cccnc21. The minimum absolute atomic E-state index is 0.421. The second kappa shape index (κ2) is 2.95. The zero-order valence-electron chi connectivity index (χ0n) is 8.72. The zero-order chi connectivity index (χ0) is 10.4. The number of imidazole rings is 1. The monoisotopic (exact) mass is 202 g/mol. The van der Waals surface area contributed by atoms with E-state index in [0.717, 1.165) is 17.1 Å². The minimum Gasteiger partial charge on any atom is -0.369 e. The highest BCUT2D eigenvalue weighted by Crippen LogP contribution is 2.41. The first-order valence-electron chi connectivity index (χ1n) is 5.36. The molecule has 1 aliphatic carbocycles. The maximum atomic E-state index is 5.93. The van der Waals surface area contributed by atoms with Gasteiger partial charge in [0.2, 0.25) is 5.95 Å². The number of aromatic nitrogens is 3. The largest absolute Gasteiger partial charge is 0.369 e. The maximum absolute atomic E-state index is 5.93. The van der Waals surface area contributed by atoms with Gasteiger partial charge in [0.25, 0.3) is 0 Å². The van der Waals surface area contributed by atoms with Crippen molar-refractivity contribution in [2.24, 2.45) is 5.92 Å². The molecule has 1 saturated carbocycles. The summed E-state index contributed by atoms with van der Waals surface area (Å²) in [7, 11) is 0. The fourth-order valence-corrected chi connectivity index (χ4v) is 2.14. The number of nitrogens with two attached hydrogens (primary N) is 1. The molecule has 2 aromatic heterocycles. The van der Waals surface area contributed by atoms with Crippen LogP contribution in [0.25, 0.3) is 11.2 Å². The molecule has 0 amide bonds. The molecule has 2 N–H and O–H groups in total. The van der Waals surface area contributed by atoms with E-state index in [9.17, 15) is 0 Å². The molecule has 2 aromatic rings. The van der Waals surface area contributed by atoms with E-state index in [4.69, 9.17) is 5.73 Å². The summed E-state index contributed by atoms with van der Waals surface area (Å²) in [4.78, 5) is 8.68. The van der Waals surface area contributed by atoms with Crippen molar-refractivity contribution in [3.8, 4) is 0 Å². The van der Waals surface area contributed by atoms with Crippen LogP contribution in [0.4, 0.5) is 5.95 Å². The van der Waals surface area contributed by atoms with Crippen LogP contribution < -0.4 is 5.73 Å². The fourth-order valence-electron chi connectivity index (χ4n) is 2.14. The van der Waals surface area contributed by atoms with E-state index in [-0.39, 0.29) is 0 Å². The van der Waals surface area contributed by atoms with Crippen molar-refractivity contribution < 1.29 is 0 Å². The Bertz CT molecular complexity index is 498. The topological polar surface area (TPSA) is 56.7 Å². The van der Waals surface area contributed by atoms with Crippen molar-refractivity contribution in [3.63, 3.8) is 0 Å². The number of pyridine rings is 1. The third-order valence-corrected chi connectivity index (χ3v) is 3.19. The molecule has 0 radical (unpaired) electrons. The predicted molar refractivity (Wildman–Crippen MR) is 59.4 cm³/mol. The molecule has 1 aliphatic rings. The molecule has 3 rings (SSSR count). The zero-order valence-corrected chi connectivity index (χ0v) is 8.72. The number of anilines is 1. The van der Waals surface area contributed by atoms with Crippen LogP contribution in [-0.2, 0) is 0 Å². The van der Waals surface area contributed by atoms with Crippen LogP contribution in [0.2, 0.25) is 0 Å². The van der Waals surface area contributed by atoms with E-state index in [1.807, 2.05) is 12.1 Å². The number of hydrogen-bond donors (Lipinski definition) is 1. The summed E-state index contributed by atoms with van der Waals surface area (Å²) in [5, 5.41) is 0. The molecule has 0 saturated heterocycles. The van der Waals surface area contributed by atoms with Crippen molar-refractivity contribution in [1.82, 2.24) is 14.5 Å². The first kappa shape index (κ1) is 8.71. The van der Waals surface area contributed by atoms with Crippen molar-refractivity contribution in [2.75, 3.05) is 5.73 Å². The molecule has 1 unspecified atom stereocenters. The highest BCUT2D eigenvalue weighted by atomic mass is 15.2. The lowest BCUT2D eigenvalue weighted by Gasteiger charge is -2.13. The number of fused-ring (bicyclic) bond motifs is 1. The van der Waals surface area contributed by atoms with Gasteiger partial charge in [-0.2, -0.15) is 0 Å². The number of nitrogen functional groups attached to an aromatic ring is 1. The Morgan fingerprint density at radius 1 is 1.53 bits per heavy atom. The number of nitrogens with zero attached hydrogens (tertiary/aromatic N) is 3. The third kappa shape index (κ3) is 1.28. The lowest BCUT2D eigenvalue weighted by Crippen LogP contribution is -2.10. The lowest BCUT2D eigenvalue weighted by molar-refractivity contribution is 0.501. The van der Waals surface area contributed by atoms with E-state index in [2.05, 4.69) is 21.5 Å². The summed E-state index contributed by atoms with van der Waals surface area (Å²) in [6.07, 6.45) is 4.39. The van der Waals surface area contributed by atoms with Gasteiger partial charge in [0, 0.05) is 12.2 Å².